The summed E-state index contributed by atoms with van der Waals surface area (Å²) in [7, 11) is 0. The van der Waals surface area contributed by atoms with Crippen LogP contribution in [0.1, 0.15) is 15.9 Å². The third-order valence-electron chi connectivity index (χ3n) is 3.36. The fraction of sp³-hybridized carbons (Fsp3) is 0.0588. The number of aliphatic hydroxyl groups is 1. The molecule has 0 bridgehead atoms. The van der Waals surface area contributed by atoms with Gasteiger partial charge in [0.1, 0.15) is 0 Å². The van der Waals surface area contributed by atoms with E-state index in [4.69, 9.17) is 5.11 Å². The molecule has 5 heteroatoms. The van der Waals surface area contributed by atoms with Crippen molar-refractivity contribution >= 4 is 22.5 Å². The molecule has 3 N–H and O–H groups in total. The van der Waals surface area contributed by atoms with E-state index >= 15 is 0 Å². The third-order valence-corrected chi connectivity index (χ3v) is 3.36. The summed E-state index contributed by atoms with van der Waals surface area (Å²) >= 11 is 0. The quantitative estimate of drug-likeness (QED) is 0.693. The van der Waals surface area contributed by atoms with Crippen molar-refractivity contribution in [2.24, 2.45) is 0 Å². The van der Waals surface area contributed by atoms with Crippen LogP contribution in [0.25, 0.3) is 10.9 Å². The van der Waals surface area contributed by atoms with Crippen molar-refractivity contribution < 1.29 is 9.90 Å². The predicted octanol–water partition coefficient (Wildman–Crippen LogP) is 2.27. The normalized spacial score (nSPS) is 10.6. The van der Waals surface area contributed by atoms with Crippen LogP contribution >= 0.6 is 0 Å². The van der Waals surface area contributed by atoms with E-state index in [1.165, 1.54) is 6.07 Å². The lowest BCUT2D eigenvalue weighted by molar-refractivity contribution is 0.102. The number of aromatic nitrogens is 1. The molecular formula is C17H14N2O3. The summed E-state index contributed by atoms with van der Waals surface area (Å²) in [4.78, 5) is 26.8. The van der Waals surface area contributed by atoms with Gasteiger partial charge in [0.15, 0.2) is 0 Å². The Labute approximate surface area is 126 Å². The molecule has 0 spiro atoms. The van der Waals surface area contributed by atoms with Gasteiger partial charge < -0.3 is 15.4 Å². The van der Waals surface area contributed by atoms with E-state index < -0.39 is 0 Å². The summed E-state index contributed by atoms with van der Waals surface area (Å²) < 4.78 is 0. The number of aliphatic hydroxyl groups excluding tert-OH is 1. The average Bonchev–Trinajstić information content (AvgIpc) is 2.54. The van der Waals surface area contributed by atoms with Gasteiger partial charge in [-0.05, 0) is 23.8 Å². The first-order valence-electron chi connectivity index (χ1n) is 6.80. The highest BCUT2D eigenvalue weighted by molar-refractivity contribution is 6.12. The second-order valence-corrected chi connectivity index (χ2v) is 4.91. The van der Waals surface area contributed by atoms with Gasteiger partial charge in [-0.2, -0.15) is 0 Å². The molecule has 3 aromatic rings. The van der Waals surface area contributed by atoms with Crippen molar-refractivity contribution in [3.63, 3.8) is 0 Å². The van der Waals surface area contributed by atoms with Crippen molar-refractivity contribution in [2.75, 3.05) is 5.32 Å². The zero-order valence-electron chi connectivity index (χ0n) is 11.7. The van der Waals surface area contributed by atoms with Crippen LogP contribution in [-0.2, 0) is 6.61 Å². The molecule has 0 saturated heterocycles. The van der Waals surface area contributed by atoms with Crippen molar-refractivity contribution in [1.82, 2.24) is 4.98 Å². The van der Waals surface area contributed by atoms with E-state index in [9.17, 15) is 9.59 Å². The van der Waals surface area contributed by atoms with Crippen LogP contribution in [0.4, 0.5) is 5.69 Å². The van der Waals surface area contributed by atoms with Crippen molar-refractivity contribution in [2.45, 2.75) is 6.61 Å². The highest BCUT2D eigenvalue weighted by Crippen LogP contribution is 2.17. The second kappa shape index (κ2) is 5.83. The largest absolute Gasteiger partial charge is 0.392 e. The number of H-pyrrole nitrogens is 1. The molecule has 0 atom stereocenters. The van der Waals surface area contributed by atoms with Gasteiger partial charge in [-0.3, -0.25) is 9.59 Å². The van der Waals surface area contributed by atoms with E-state index in [0.717, 1.165) is 0 Å². The number of hydrogen-bond acceptors (Lipinski definition) is 3. The lowest BCUT2D eigenvalue weighted by Gasteiger charge is -2.08. The third kappa shape index (κ3) is 2.75. The standard InChI is InChI=1S/C17H14N2O3/c20-10-11-4-3-5-12(8-11)18-17(22)14-9-16(21)19-15-7-2-1-6-13(14)15/h1-9,20H,10H2,(H,18,22)(H,19,21). The lowest BCUT2D eigenvalue weighted by atomic mass is 10.1. The van der Waals surface area contributed by atoms with Gasteiger partial charge in [0.05, 0.1) is 12.2 Å². The molecule has 0 unspecified atom stereocenters. The maximum absolute atomic E-state index is 12.5. The van der Waals surface area contributed by atoms with E-state index in [0.29, 0.717) is 27.7 Å². The summed E-state index contributed by atoms with van der Waals surface area (Å²) in [6.45, 7) is -0.0996. The molecule has 110 valence electrons. The topological polar surface area (TPSA) is 82.2 Å². The molecule has 22 heavy (non-hydrogen) atoms. The first-order valence-corrected chi connectivity index (χ1v) is 6.80. The highest BCUT2D eigenvalue weighted by atomic mass is 16.3. The van der Waals surface area contributed by atoms with E-state index in [-0.39, 0.29) is 18.1 Å². The van der Waals surface area contributed by atoms with Crippen LogP contribution in [0.3, 0.4) is 0 Å². The van der Waals surface area contributed by atoms with Crippen molar-refractivity contribution in [3.05, 3.63) is 76.1 Å². The number of pyridine rings is 1. The molecule has 0 aliphatic carbocycles. The number of nitrogens with one attached hydrogen (secondary N) is 2. The average molecular weight is 294 g/mol. The van der Waals surface area contributed by atoms with Crippen LogP contribution in [0.2, 0.25) is 0 Å². The number of amides is 1. The monoisotopic (exact) mass is 294 g/mol. The van der Waals surface area contributed by atoms with Gasteiger partial charge in [-0.1, -0.05) is 30.3 Å². The molecule has 0 radical (unpaired) electrons. The van der Waals surface area contributed by atoms with E-state index in [1.54, 1.807) is 42.5 Å². The van der Waals surface area contributed by atoms with Gasteiger partial charge in [0, 0.05) is 22.7 Å². The lowest BCUT2D eigenvalue weighted by Crippen LogP contribution is -2.16. The summed E-state index contributed by atoms with van der Waals surface area (Å²) in [5.74, 6) is -0.364. The Hall–Kier alpha value is -2.92. The fourth-order valence-corrected chi connectivity index (χ4v) is 2.34. The Morgan fingerprint density at radius 2 is 1.91 bits per heavy atom. The maximum atomic E-state index is 12.5. The molecule has 0 aliphatic rings. The molecule has 0 saturated carbocycles. The molecule has 1 heterocycles. The number of carbonyl (C=O) groups excluding carboxylic acids is 1. The van der Waals surface area contributed by atoms with E-state index in [1.807, 2.05) is 6.07 Å². The van der Waals surface area contributed by atoms with Gasteiger partial charge >= 0.3 is 0 Å². The predicted molar refractivity (Wildman–Crippen MR) is 84.9 cm³/mol. The minimum Gasteiger partial charge on any atom is -0.392 e. The van der Waals surface area contributed by atoms with E-state index in [2.05, 4.69) is 10.3 Å². The summed E-state index contributed by atoms with van der Waals surface area (Å²) in [6, 6.07) is 15.3. The number of carbonyl (C=O) groups is 1. The number of aromatic amines is 1. The molecule has 5 nitrogen and oxygen atoms in total. The minimum absolute atomic E-state index is 0.0996. The van der Waals surface area contributed by atoms with Crippen LogP contribution in [0.5, 0.6) is 0 Å². The smallest absolute Gasteiger partial charge is 0.256 e. The van der Waals surface area contributed by atoms with Crippen molar-refractivity contribution in [1.29, 1.82) is 0 Å². The molecule has 1 aromatic heterocycles. The molecular weight excluding hydrogens is 280 g/mol. The summed E-state index contributed by atoms with van der Waals surface area (Å²) in [6.07, 6.45) is 0. The molecule has 1 amide bonds. The highest BCUT2D eigenvalue weighted by Gasteiger charge is 2.12. The number of hydrogen-bond donors (Lipinski definition) is 3. The minimum atomic E-state index is -0.364. The number of anilines is 1. The Morgan fingerprint density at radius 3 is 2.73 bits per heavy atom. The van der Waals surface area contributed by atoms with Crippen LogP contribution in [0, 0.1) is 0 Å². The first-order chi connectivity index (χ1) is 10.7. The van der Waals surface area contributed by atoms with Crippen LogP contribution in [0.15, 0.2) is 59.4 Å². The van der Waals surface area contributed by atoms with Gasteiger partial charge in [0.25, 0.3) is 5.91 Å². The second-order valence-electron chi connectivity index (χ2n) is 4.91. The Bertz CT molecular complexity index is 900. The zero-order valence-corrected chi connectivity index (χ0v) is 11.7. The van der Waals surface area contributed by atoms with Crippen molar-refractivity contribution in [3.8, 4) is 0 Å². The Balaban J connectivity index is 2.00. The Morgan fingerprint density at radius 1 is 1.09 bits per heavy atom. The molecule has 0 fully saturated rings. The summed E-state index contributed by atoms with van der Waals surface area (Å²) in [5, 5.41) is 12.6. The zero-order chi connectivity index (χ0) is 15.5. The molecule has 3 rings (SSSR count). The Kier molecular flexibility index (Phi) is 3.72. The number of fused-ring (bicyclic) bond motifs is 1. The van der Waals surface area contributed by atoms with Gasteiger partial charge in [0.2, 0.25) is 5.56 Å². The van der Waals surface area contributed by atoms with Gasteiger partial charge in [-0.25, -0.2) is 0 Å². The van der Waals surface area contributed by atoms with Crippen LogP contribution in [-0.4, -0.2) is 16.0 Å². The SMILES string of the molecule is O=C(Nc1cccc(CO)c1)c1cc(=O)[nH]c2ccccc12. The molecule has 2 aromatic carbocycles. The first kappa shape index (κ1) is 14.0. The van der Waals surface area contributed by atoms with Gasteiger partial charge in [-0.15, -0.1) is 0 Å². The number of benzene rings is 2. The fourth-order valence-electron chi connectivity index (χ4n) is 2.34. The summed E-state index contributed by atoms with van der Waals surface area (Å²) in [5.41, 5.74) is 1.88. The number of rotatable bonds is 3. The maximum Gasteiger partial charge on any atom is 0.256 e. The molecule has 0 aliphatic heterocycles. The van der Waals surface area contributed by atoms with Crippen LogP contribution < -0.4 is 10.9 Å². The number of para-hydroxylation sites is 1.